The largest absolute Gasteiger partial charge is 0.408 e. The number of hydrogen-bond donors (Lipinski definition) is 3. The van der Waals surface area contributed by atoms with Crippen molar-refractivity contribution in [3.63, 3.8) is 0 Å². The summed E-state index contributed by atoms with van der Waals surface area (Å²) in [5, 5.41) is 20.9. The molecule has 12 heavy (non-hydrogen) atoms. The molecule has 5 heteroatoms. The number of rotatable bonds is 0. The van der Waals surface area contributed by atoms with Crippen molar-refractivity contribution in [2.75, 3.05) is 13.1 Å². The highest BCUT2D eigenvalue weighted by Crippen LogP contribution is 2.19. The maximum absolute atomic E-state index is 9.66. The zero-order valence-corrected chi connectivity index (χ0v) is 7.19. The van der Waals surface area contributed by atoms with E-state index in [0.717, 1.165) is 19.4 Å². The van der Waals surface area contributed by atoms with E-state index in [1.54, 1.807) is 11.8 Å². The van der Waals surface area contributed by atoms with Crippen LogP contribution >= 0.6 is 0 Å². The molecule has 1 aliphatic heterocycles. The van der Waals surface area contributed by atoms with Crippen LogP contribution in [0.2, 0.25) is 0 Å². The van der Waals surface area contributed by atoms with E-state index in [9.17, 15) is 5.11 Å². The molecule has 0 aromatic heterocycles. The van der Waals surface area contributed by atoms with Crippen LogP contribution in [-0.4, -0.2) is 39.9 Å². The van der Waals surface area contributed by atoms with Crippen molar-refractivity contribution in [2.24, 2.45) is 10.9 Å². The molecule has 1 rings (SSSR count). The summed E-state index contributed by atoms with van der Waals surface area (Å²) < 4.78 is 0. The molecule has 0 bridgehead atoms. The highest BCUT2D eigenvalue weighted by atomic mass is 16.4. The average molecular weight is 173 g/mol. The van der Waals surface area contributed by atoms with Crippen LogP contribution in [0.3, 0.4) is 0 Å². The first-order valence-electron chi connectivity index (χ1n) is 4.00. The van der Waals surface area contributed by atoms with Gasteiger partial charge in [-0.3, -0.25) is 0 Å². The van der Waals surface area contributed by atoms with Crippen molar-refractivity contribution in [1.82, 2.24) is 4.90 Å². The lowest BCUT2D eigenvalue weighted by Gasteiger charge is -2.36. The Morgan fingerprint density at radius 1 is 1.67 bits per heavy atom. The SMILES string of the molecule is CC1(O)CCCN(C(N)=NO)C1. The van der Waals surface area contributed by atoms with Crippen LogP contribution in [0.15, 0.2) is 5.16 Å². The standard InChI is InChI=1S/C7H15N3O2/c1-7(11)3-2-4-10(5-7)6(8)9-12/h11-12H,2-5H2,1H3,(H2,8,9). The van der Waals surface area contributed by atoms with Gasteiger partial charge in [0.15, 0.2) is 0 Å². The minimum Gasteiger partial charge on any atom is -0.408 e. The zero-order chi connectivity index (χ0) is 9.19. The highest BCUT2D eigenvalue weighted by Gasteiger charge is 2.29. The van der Waals surface area contributed by atoms with Gasteiger partial charge in [-0.2, -0.15) is 0 Å². The summed E-state index contributed by atoms with van der Waals surface area (Å²) in [7, 11) is 0. The predicted octanol–water partition coefficient (Wildman–Crippen LogP) is -0.463. The molecule has 0 aromatic carbocycles. The molecular formula is C7H15N3O2. The second-order valence-electron chi connectivity index (χ2n) is 3.48. The van der Waals surface area contributed by atoms with E-state index < -0.39 is 5.60 Å². The number of hydrogen-bond acceptors (Lipinski definition) is 3. The van der Waals surface area contributed by atoms with E-state index in [0.29, 0.717) is 6.54 Å². The highest BCUT2D eigenvalue weighted by molar-refractivity contribution is 5.77. The third kappa shape index (κ3) is 2.01. The Hall–Kier alpha value is -0.970. The average Bonchev–Trinajstić information content (AvgIpc) is 2.01. The summed E-state index contributed by atoms with van der Waals surface area (Å²) in [6, 6.07) is 0. The van der Waals surface area contributed by atoms with Crippen molar-refractivity contribution in [1.29, 1.82) is 0 Å². The molecule has 70 valence electrons. The Kier molecular flexibility index (Phi) is 2.42. The number of oxime groups is 1. The third-order valence-electron chi connectivity index (χ3n) is 2.10. The molecule has 1 aliphatic rings. The van der Waals surface area contributed by atoms with Crippen molar-refractivity contribution in [3.8, 4) is 0 Å². The number of likely N-dealkylation sites (tertiary alicyclic amines) is 1. The van der Waals surface area contributed by atoms with E-state index in [1.165, 1.54) is 0 Å². The van der Waals surface area contributed by atoms with Gasteiger partial charge in [-0.1, -0.05) is 5.16 Å². The van der Waals surface area contributed by atoms with E-state index in [1.807, 2.05) is 0 Å². The Morgan fingerprint density at radius 2 is 2.33 bits per heavy atom. The molecule has 1 fully saturated rings. The maximum Gasteiger partial charge on any atom is 0.233 e. The predicted molar refractivity (Wildman–Crippen MR) is 44.8 cm³/mol. The number of nitrogens with zero attached hydrogens (tertiary/aromatic N) is 2. The van der Waals surface area contributed by atoms with E-state index in [4.69, 9.17) is 10.9 Å². The maximum atomic E-state index is 9.66. The normalized spacial score (nSPS) is 32.2. The van der Waals surface area contributed by atoms with Gasteiger partial charge in [-0.25, -0.2) is 0 Å². The molecule has 1 atom stereocenters. The van der Waals surface area contributed by atoms with Crippen molar-refractivity contribution in [2.45, 2.75) is 25.4 Å². The molecule has 4 N–H and O–H groups in total. The minimum absolute atomic E-state index is 0.0787. The van der Waals surface area contributed by atoms with Gasteiger partial charge in [0.05, 0.1) is 5.60 Å². The molecule has 0 aliphatic carbocycles. The Balaban J connectivity index is 2.58. The Bertz CT molecular complexity index is 191. The monoisotopic (exact) mass is 173 g/mol. The molecule has 0 radical (unpaired) electrons. The van der Waals surface area contributed by atoms with Gasteiger partial charge in [0.2, 0.25) is 5.96 Å². The van der Waals surface area contributed by atoms with Crippen LogP contribution in [0, 0.1) is 0 Å². The first kappa shape index (κ1) is 9.12. The Labute approximate surface area is 71.5 Å². The molecule has 1 heterocycles. The fourth-order valence-corrected chi connectivity index (χ4v) is 1.48. The first-order chi connectivity index (χ1) is 5.55. The molecule has 0 aromatic rings. The van der Waals surface area contributed by atoms with Crippen LogP contribution in [0.4, 0.5) is 0 Å². The van der Waals surface area contributed by atoms with Crippen LogP contribution in [0.25, 0.3) is 0 Å². The van der Waals surface area contributed by atoms with Gasteiger partial charge in [-0.15, -0.1) is 0 Å². The van der Waals surface area contributed by atoms with E-state index in [-0.39, 0.29) is 5.96 Å². The minimum atomic E-state index is -0.715. The first-order valence-corrected chi connectivity index (χ1v) is 4.00. The molecular weight excluding hydrogens is 158 g/mol. The number of β-amino-alcohol motifs (C(OH)–C–C–N with tert-alkyl or cyclic N) is 1. The molecule has 1 unspecified atom stereocenters. The quantitative estimate of drug-likeness (QED) is 0.200. The topological polar surface area (TPSA) is 82.1 Å². The molecule has 0 saturated carbocycles. The smallest absolute Gasteiger partial charge is 0.233 e. The van der Waals surface area contributed by atoms with Gasteiger partial charge in [0.1, 0.15) is 0 Å². The number of nitrogens with two attached hydrogens (primary N) is 1. The van der Waals surface area contributed by atoms with Crippen LogP contribution in [0.1, 0.15) is 19.8 Å². The fourth-order valence-electron chi connectivity index (χ4n) is 1.48. The second-order valence-corrected chi connectivity index (χ2v) is 3.48. The van der Waals surface area contributed by atoms with Crippen molar-refractivity contribution in [3.05, 3.63) is 0 Å². The van der Waals surface area contributed by atoms with E-state index >= 15 is 0 Å². The van der Waals surface area contributed by atoms with Gasteiger partial charge in [0, 0.05) is 13.1 Å². The summed E-state index contributed by atoms with van der Waals surface area (Å²) in [5.41, 5.74) is 4.67. The number of guanidine groups is 1. The van der Waals surface area contributed by atoms with Gasteiger partial charge in [-0.05, 0) is 19.8 Å². The Morgan fingerprint density at radius 3 is 2.83 bits per heavy atom. The molecule has 0 spiro atoms. The lowest BCUT2D eigenvalue weighted by atomic mass is 9.95. The van der Waals surface area contributed by atoms with Gasteiger partial charge >= 0.3 is 0 Å². The van der Waals surface area contributed by atoms with Crippen LogP contribution in [-0.2, 0) is 0 Å². The molecule has 5 nitrogen and oxygen atoms in total. The van der Waals surface area contributed by atoms with E-state index in [2.05, 4.69) is 5.16 Å². The summed E-state index contributed by atoms with van der Waals surface area (Å²) >= 11 is 0. The molecule has 1 saturated heterocycles. The fraction of sp³-hybridized carbons (Fsp3) is 0.857. The number of aliphatic hydroxyl groups is 1. The van der Waals surface area contributed by atoms with Gasteiger partial charge in [0.25, 0.3) is 0 Å². The second kappa shape index (κ2) is 3.18. The third-order valence-corrected chi connectivity index (χ3v) is 2.10. The summed E-state index contributed by atoms with van der Waals surface area (Å²) in [6.45, 7) is 2.93. The zero-order valence-electron chi connectivity index (χ0n) is 7.19. The van der Waals surface area contributed by atoms with Crippen LogP contribution < -0.4 is 5.73 Å². The summed E-state index contributed by atoms with van der Waals surface area (Å²) in [4.78, 5) is 1.67. The lowest BCUT2D eigenvalue weighted by Crippen LogP contribution is -2.51. The lowest BCUT2D eigenvalue weighted by molar-refractivity contribution is 0.00454. The summed E-state index contributed by atoms with van der Waals surface area (Å²) in [5.74, 6) is 0.0787. The molecule has 0 amide bonds. The van der Waals surface area contributed by atoms with Gasteiger partial charge < -0.3 is 20.9 Å². The van der Waals surface area contributed by atoms with Crippen molar-refractivity contribution < 1.29 is 10.3 Å². The van der Waals surface area contributed by atoms with Crippen molar-refractivity contribution >= 4 is 5.96 Å². The number of piperidine rings is 1. The summed E-state index contributed by atoms with van der Waals surface area (Å²) in [6.07, 6.45) is 1.63. The van der Waals surface area contributed by atoms with Crippen LogP contribution in [0.5, 0.6) is 0 Å².